The maximum Gasteiger partial charge on any atom is 0.163 e. The Balaban J connectivity index is 1.40. The molecule has 2 aromatic heterocycles. The summed E-state index contributed by atoms with van der Waals surface area (Å²) in [5.74, 6) is 3.19. The second-order valence-corrected chi connectivity index (χ2v) is 8.12. The van der Waals surface area contributed by atoms with Gasteiger partial charge in [-0.25, -0.2) is 4.98 Å². The summed E-state index contributed by atoms with van der Waals surface area (Å²) in [6.07, 6.45) is 7.27. The van der Waals surface area contributed by atoms with E-state index in [2.05, 4.69) is 50.5 Å². The third-order valence-electron chi connectivity index (χ3n) is 6.41. The molecule has 2 aliphatic rings. The van der Waals surface area contributed by atoms with Crippen LogP contribution in [0.3, 0.4) is 0 Å². The molecule has 0 saturated carbocycles. The highest BCUT2D eigenvalue weighted by molar-refractivity contribution is 5.54. The van der Waals surface area contributed by atoms with Gasteiger partial charge in [0.25, 0.3) is 0 Å². The lowest BCUT2D eigenvalue weighted by atomic mass is 10.0. The summed E-state index contributed by atoms with van der Waals surface area (Å²) in [5, 5.41) is 8.98. The highest BCUT2D eigenvalue weighted by Crippen LogP contribution is 2.34. The summed E-state index contributed by atoms with van der Waals surface area (Å²) in [7, 11) is 4.28. The van der Waals surface area contributed by atoms with Crippen LogP contribution in [0.2, 0.25) is 0 Å². The lowest BCUT2D eigenvalue weighted by molar-refractivity contribution is 0.228. The number of hydrogen-bond acceptors (Lipinski definition) is 4. The predicted octanol–water partition coefficient (Wildman–Crippen LogP) is 3.43. The van der Waals surface area contributed by atoms with Gasteiger partial charge in [-0.2, -0.15) is 0 Å². The molecule has 1 unspecified atom stereocenters. The Morgan fingerprint density at radius 3 is 2.61 bits per heavy atom. The van der Waals surface area contributed by atoms with E-state index in [4.69, 9.17) is 4.98 Å². The number of benzene rings is 1. The zero-order valence-electron chi connectivity index (χ0n) is 16.8. The third-order valence-corrected chi connectivity index (χ3v) is 6.41. The third kappa shape index (κ3) is 2.96. The van der Waals surface area contributed by atoms with Crippen LogP contribution in [0.15, 0.2) is 30.3 Å². The van der Waals surface area contributed by atoms with Crippen LogP contribution in [0.5, 0.6) is 0 Å². The van der Waals surface area contributed by atoms with Gasteiger partial charge in [-0.3, -0.25) is 4.90 Å². The maximum atomic E-state index is 5.08. The second-order valence-electron chi connectivity index (χ2n) is 8.12. The van der Waals surface area contributed by atoms with Gasteiger partial charge in [0.15, 0.2) is 5.82 Å². The van der Waals surface area contributed by atoms with Crippen LogP contribution in [-0.4, -0.2) is 35.8 Å². The molecule has 1 aliphatic heterocycles. The van der Waals surface area contributed by atoms with Crippen LogP contribution >= 0.6 is 0 Å². The Bertz CT molecular complexity index is 971. The molecule has 0 N–H and O–H groups in total. The molecule has 5 rings (SSSR count). The van der Waals surface area contributed by atoms with E-state index in [9.17, 15) is 0 Å². The monoisotopic (exact) mass is 376 g/mol. The first kappa shape index (κ1) is 17.6. The van der Waals surface area contributed by atoms with Crippen molar-refractivity contribution in [3.05, 3.63) is 53.4 Å². The van der Waals surface area contributed by atoms with Crippen LogP contribution in [0, 0.1) is 0 Å². The van der Waals surface area contributed by atoms with Crippen LogP contribution in [-0.2, 0) is 33.5 Å². The van der Waals surface area contributed by atoms with E-state index < -0.39 is 0 Å². The molecule has 1 fully saturated rings. The molecule has 0 spiro atoms. The summed E-state index contributed by atoms with van der Waals surface area (Å²) in [6, 6.07) is 10.7. The first-order valence-corrected chi connectivity index (χ1v) is 10.4. The van der Waals surface area contributed by atoms with E-state index in [-0.39, 0.29) is 0 Å². The van der Waals surface area contributed by atoms with Gasteiger partial charge < -0.3 is 9.13 Å². The molecule has 1 aliphatic carbocycles. The number of aromatic nitrogens is 5. The van der Waals surface area contributed by atoms with E-state index in [0.717, 1.165) is 36.7 Å². The fourth-order valence-electron chi connectivity index (χ4n) is 4.83. The number of aryl methyl sites for hydroxylation is 1. The SMILES string of the molecule is Cn1c(CN2CCCC2c2nc3c(n2C)CCCC3)nnc1-c1ccccc1. The number of rotatable bonds is 4. The van der Waals surface area contributed by atoms with E-state index in [1.165, 1.54) is 49.3 Å². The average molecular weight is 377 g/mol. The molecule has 146 valence electrons. The van der Waals surface area contributed by atoms with Gasteiger partial charge in [0.1, 0.15) is 11.6 Å². The van der Waals surface area contributed by atoms with Crippen molar-refractivity contribution in [1.29, 1.82) is 0 Å². The molecule has 28 heavy (non-hydrogen) atoms. The van der Waals surface area contributed by atoms with E-state index in [1.54, 1.807) is 0 Å². The van der Waals surface area contributed by atoms with Crippen LogP contribution in [0.25, 0.3) is 11.4 Å². The summed E-state index contributed by atoms with van der Waals surface area (Å²) >= 11 is 0. The van der Waals surface area contributed by atoms with Crippen molar-refractivity contribution in [3.63, 3.8) is 0 Å². The normalized spacial score (nSPS) is 19.9. The Morgan fingerprint density at radius 1 is 0.964 bits per heavy atom. The molecule has 1 aromatic carbocycles. The van der Waals surface area contributed by atoms with Gasteiger partial charge in [0, 0.05) is 25.4 Å². The lowest BCUT2D eigenvalue weighted by Gasteiger charge is -2.24. The van der Waals surface area contributed by atoms with Crippen LogP contribution in [0.4, 0.5) is 0 Å². The molecule has 6 nitrogen and oxygen atoms in total. The molecule has 0 amide bonds. The predicted molar refractivity (Wildman–Crippen MR) is 109 cm³/mol. The second kappa shape index (κ2) is 7.17. The van der Waals surface area contributed by atoms with Crippen molar-refractivity contribution in [2.45, 2.75) is 51.1 Å². The fraction of sp³-hybridized carbons (Fsp3) is 0.500. The number of nitrogens with zero attached hydrogens (tertiary/aromatic N) is 6. The minimum atomic E-state index is 0.382. The highest BCUT2D eigenvalue weighted by Gasteiger charge is 2.32. The zero-order chi connectivity index (χ0) is 19.1. The number of fused-ring (bicyclic) bond motifs is 1. The average Bonchev–Trinajstić information content (AvgIpc) is 3.42. The topological polar surface area (TPSA) is 51.8 Å². The summed E-state index contributed by atoms with van der Waals surface area (Å²) in [4.78, 5) is 7.61. The van der Waals surface area contributed by atoms with Crippen LogP contribution in [0.1, 0.15) is 54.8 Å². The molecule has 0 bridgehead atoms. The number of hydrogen-bond donors (Lipinski definition) is 0. The Morgan fingerprint density at radius 2 is 1.79 bits per heavy atom. The van der Waals surface area contributed by atoms with Gasteiger partial charge in [0.2, 0.25) is 0 Å². The molecule has 0 radical (unpaired) electrons. The summed E-state index contributed by atoms with van der Waals surface area (Å²) in [5.41, 5.74) is 3.90. The molecule has 3 aromatic rings. The number of imidazole rings is 1. The first-order chi connectivity index (χ1) is 13.7. The minimum absolute atomic E-state index is 0.382. The lowest BCUT2D eigenvalue weighted by Crippen LogP contribution is -2.26. The fourth-order valence-corrected chi connectivity index (χ4v) is 4.83. The van der Waals surface area contributed by atoms with Gasteiger partial charge >= 0.3 is 0 Å². The molecule has 3 heterocycles. The van der Waals surface area contributed by atoms with Crippen molar-refractivity contribution in [2.24, 2.45) is 14.1 Å². The molecule has 1 atom stereocenters. The zero-order valence-corrected chi connectivity index (χ0v) is 16.8. The van der Waals surface area contributed by atoms with Crippen molar-refractivity contribution in [3.8, 4) is 11.4 Å². The van der Waals surface area contributed by atoms with Gasteiger partial charge in [-0.05, 0) is 45.1 Å². The van der Waals surface area contributed by atoms with Crippen molar-refractivity contribution < 1.29 is 0 Å². The van der Waals surface area contributed by atoms with Crippen molar-refractivity contribution in [2.75, 3.05) is 6.54 Å². The molecular weight excluding hydrogens is 348 g/mol. The largest absolute Gasteiger partial charge is 0.334 e. The Hall–Kier alpha value is -2.47. The van der Waals surface area contributed by atoms with E-state index >= 15 is 0 Å². The van der Waals surface area contributed by atoms with Crippen LogP contribution < -0.4 is 0 Å². The van der Waals surface area contributed by atoms with E-state index in [0.29, 0.717) is 6.04 Å². The van der Waals surface area contributed by atoms with E-state index in [1.807, 2.05) is 18.2 Å². The molecular formula is C22H28N6. The first-order valence-electron chi connectivity index (χ1n) is 10.4. The van der Waals surface area contributed by atoms with Crippen molar-refractivity contribution in [1.82, 2.24) is 29.2 Å². The number of likely N-dealkylation sites (tertiary alicyclic amines) is 1. The Kier molecular flexibility index (Phi) is 4.51. The minimum Gasteiger partial charge on any atom is -0.334 e. The van der Waals surface area contributed by atoms with Gasteiger partial charge in [0.05, 0.1) is 18.3 Å². The quantitative estimate of drug-likeness (QED) is 0.700. The highest BCUT2D eigenvalue weighted by atomic mass is 15.3. The smallest absolute Gasteiger partial charge is 0.163 e. The molecule has 6 heteroatoms. The van der Waals surface area contributed by atoms with Crippen molar-refractivity contribution >= 4 is 0 Å². The van der Waals surface area contributed by atoms with Gasteiger partial charge in [-0.15, -0.1) is 10.2 Å². The Labute approximate surface area is 166 Å². The summed E-state index contributed by atoms with van der Waals surface area (Å²) in [6.45, 7) is 1.91. The standard InChI is InChI=1S/C22H28N6/c1-26-18-12-7-6-11-17(18)23-22(26)19-13-8-14-28(19)15-20-24-25-21(27(20)2)16-9-4-3-5-10-16/h3-5,9-10,19H,6-8,11-15H2,1-2H3. The summed E-state index contributed by atoms with van der Waals surface area (Å²) < 4.78 is 4.51. The maximum absolute atomic E-state index is 5.08. The van der Waals surface area contributed by atoms with Gasteiger partial charge in [-0.1, -0.05) is 30.3 Å². The molecule has 1 saturated heterocycles.